The topological polar surface area (TPSA) is 128 Å². The van der Waals surface area contributed by atoms with Crippen LogP contribution in [0.3, 0.4) is 0 Å². The van der Waals surface area contributed by atoms with E-state index in [0.29, 0.717) is 32.1 Å². The second kappa shape index (κ2) is 6.20. The highest BCUT2D eigenvalue weighted by molar-refractivity contribution is 7.23. The number of pyridine rings is 1. The van der Waals surface area contributed by atoms with Crippen molar-refractivity contribution >= 4 is 26.6 Å². The van der Waals surface area contributed by atoms with Crippen LogP contribution < -0.4 is 21.3 Å². The number of fused-ring (bicyclic) bond motifs is 3. The van der Waals surface area contributed by atoms with Crippen molar-refractivity contribution in [2.45, 2.75) is 5.92 Å². The molecule has 0 radical (unpaired) electrons. The summed E-state index contributed by atoms with van der Waals surface area (Å²) in [6.07, 6.45) is 0. The maximum atomic E-state index is 13.0. The Kier molecular flexibility index (Phi) is 3.84. The summed E-state index contributed by atoms with van der Waals surface area (Å²) in [4.78, 5) is 15.8. The van der Waals surface area contributed by atoms with E-state index in [9.17, 15) is 15.3 Å². The maximum Gasteiger partial charge on any atom is 0.256 e. The Morgan fingerprint density at radius 1 is 1.26 bits per heavy atom. The molecule has 4 N–H and O–H groups in total. The highest BCUT2D eigenvalue weighted by Gasteiger charge is 2.35. The lowest BCUT2D eigenvalue weighted by molar-refractivity contribution is 0.397. The molecule has 0 spiro atoms. The highest BCUT2D eigenvalue weighted by Crippen LogP contribution is 2.47. The number of anilines is 1. The number of hydrogen-bond donors (Lipinski definition) is 3. The minimum absolute atomic E-state index is 0.0383. The van der Waals surface area contributed by atoms with Gasteiger partial charge in [0.15, 0.2) is 5.75 Å². The monoisotopic (exact) mass is 375 g/mol. The molecule has 0 aliphatic carbocycles. The summed E-state index contributed by atoms with van der Waals surface area (Å²) in [5.41, 5.74) is 7.61. The average molecular weight is 375 g/mol. The van der Waals surface area contributed by atoms with Crippen LogP contribution in [-0.2, 0) is 0 Å². The first kappa shape index (κ1) is 16.7. The number of H-pyrrole nitrogens is 1. The van der Waals surface area contributed by atoms with E-state index in [4.69, 9.17) is 10.5 Å². The summed E-state index contributed by atoms with van der Waals surface area (Å²) in [7, 11) is 1.70. The molecule has 0 amide bonds. The Balaban J connectivity index is 2.11. The Morgan fingerprint density at radius 2 is 2.00 bits per heavy atom. The lowest BCUT2D eigenvalue weighted by Crippen LogP contribution is -2.27. The smallest absolute Gasteiger partial charge is 0.256 e. The molecule has 0 bridgehead atoms. The van der Waals surface area contributed by atoms with E-state index in [-0.39, 0.29) is 11.5 Å². The molecule has 1 unspecified atom stereocenters. The number of rotatable bonds is 2. The average Bonchev–Trinajstić information content (AvgIpc) is 3.05. The normalized spacial score (nSPS) is 15.6. The first-order chi connectivity index (χ1) is 13.1. The lowest BCUT2D eigenvalue weighted by Gasteiger charge is -2.25. The number of aromatic nitrogens is 1. The molecule has 3 aromatic rings. The van der Waals surface area contributed by atoms with Crippen molar-refractivity contribution in [3.63, 3.8) is 0 Å². The number of thiophene rings is 1. The van der Waals surface area contributed by atoms with E-state index in [1.807, 2.05) is 30.3 Å². The van der Waals surface area contributed by atoms with Gasteiger partial charge in [0.1, 0.15) is 28.3 Å². The van der Waals surface area contributed by atoms with Crippen molar-refractivity contribution in [3.8, 4) is 17.9 Å². The zero-order valence-electron chi connectivity index (χ0n) is 14.2. The summed E-state index contributed by atoms with van der Waals surface area (Å²) < 4.78 is 6.33. The van der Waals surface area contributed by atoms with Gasteiger partial charge >= 0.3 is 0 Å². The van der Waals surface area contributed by atoms with Crippen molar-refractivity contribution in [1.82, 2.24) is 4.98 Å². The van der Waals surface area contributed by atoms with Crippen LogP contribution in [0.5, 0.6) is 5.75 Å². The van der Waals surface area contributed by atoms with Gasteiger partial charge in [0.05, 0.1) is 21.7 Å². The van der Waals surface area contributed by atoms with Crippen LogP contribution in [0.4, 0.5) is 5.00 Å². The van der Waals surface area contributed by atoms with E-state index >= 15 is 0 Å². The van der Waals surface area contributed by atoms with Crippen molar-refractivity contribution < 1.29 is 4.74 Å². The standard InChI is InChI=1S/C19H13N5O2S/c1-23-19-11(8-21)14-16(27-19)15-13(18(25)24-14)12(9-5-3-2-4-6-9)10(7-20)17(22)26-15/h2-6,12,23H,22H2,1H3,(H,24,25). The minimum atomic E-state index is -0.640. The Bertz CT molecular complexity index is 1240. The molecule has 7 nitrogen and oxygen atoms in total. The molecule has 3 heterocycles. The largest absolute Gasteiger partial charge is 0.438 e. The van der Waals surface area contributed by atoms with Crippen LogP contribution in [0, 0.1) is 22.7 Å². The van der Waals surface area contributed by atoms with Crippen LogP contribution in [0.1, 0.15) is 22.6 Å². The third-order valence-corrected chi connectivity index (χ3v) is 5.70. The number of nitriles is 2. The van der Waals surface area contributed by atoms with Crippen LogP contribution in [0.2, 0.25) is 0 Å². The maximum absolute atomic E-state index is 13.0. The van der Waals surface area contributed by atoms with E-state index in [2.05, 4.69) is 22.4 Å². The Morgan fingerprint density at radius 3 is 2.63 bits per heavy atom. The summed E-state index contributed by atoms with van der Waals surface area (Å²) in [6.45, 7) is 0. The number of ether oxygens (including phenoxy) is 1. The molecule has 8 heteroatoms. The van der Waals surface area contributed by atoms with Gasteiger partial charge in [0, 0.05) is 7.05 Å². The minimum Gasteiger partial charge on any atom is -0.438 e. The second-order valence-electron chi connectivity index (χ2n) is 5.90. The van der Waals surface area contributed by atoms with Gasteiger partial charge in [-0.3, -0.25) is 4.79 Å². The number of aromatic amines is 1. The number of benzene rings is 1. The molecule has 0 fully saturated rings. The number of nitrogens with one attached hydrogen (secondary N) is 2. The number of allylic oxidation sites excluding steroid dienone is 1. The fourth-order valence-electron chi connectivity index (χ4n) is 3.31. The molecule has 27 heavy (non-hydrogen) atoms. The quantitative estimate of drug-likeness (QED) is 0.632. The molecule has 1 atom stereocenters. The first-order valence-electron chi connectivity index (χ1n) is 8.03. The van der Waals surface area contributed by atoms with E-state index in [1.165, 1.54) is 11.3 Å². The molecule has 1 aliphatic heterocycles. The number of nitrogens with zero attached hydrogens (tertiary/aromatic N) is 2. The lowest BCUT2D eigenvalue weighted by atomic mass is 9.84. The van der Waals surface area contributed by atoms with Crippen LogP contribution in [-0.4, -0.2) is 12.0 Å². The van der Waals surface area contributed by atoms with Crippen molar-refractivity contribution in [1.29, 1.82) is 10.5 Å². The van der Waals surface area contributed by atoms with Crippen LogP contribution in [0.15, 0.2) is 46.6 Å². The van der Waals surface area contributed by atoms with Gasteiger partial charge in [0.2, 0.25) is 5.88 Å². The molecule has 2 aromatic heterocycles. The van der Waals surface area contributed by atoms with Crippen molar-refractivity contribution in [2.75, 3.05) is 12.4 Å². The molecule has 132 valence electrons. The fourth-order valence-corrected chi connectivity index (χ4v) is 4.37. The van der Waals surface area contributed by atoms with E-state index in [0.717, 1.165) is 5.56 Å². The Hall–Kier alpha value is -3.75. The van der Waals surface area contributed by atoms with Gasteiger partial charge in [-0.25, -0.2) is 0 Å². The number of hydrogen-bond acceptors (Lipinski definition) is 7. The van der Waals surface area contributed by atoms with Gasteiger partial charge in [-0.1, -0.05) is 30.3 Å². The van der Waals surface area contributed by atoms with Crippen LogP contribution in [0.25, 0.3) is 10.2 Å². The van der Waals surface area contributed by atoms with Crippen LogP contribution >= 0.6 is 11.3 Å². The van der Waals surface area contributed by atoms with Crippen molar-refractivity contribution in [3.05, 3.63) is 68.8 Å². The van der Waals surface area contributed by atoms with Gasteiger partial charge in [-0.05, 0) is 5.56 Å². The summed E-state index contributed by atoms with van der Waals surface area (Å²) >= 11 is 1.29. The Labute approximate surface area is 157 Å². The van der Waals surface area contributed by atoms with Gasteiger partial charge < -0.3 is 20.8 Å². The van der Waals surface area contributed by atoms with E-state index < -0.39 is 11.5 Å². The summed E-state index contributed by atoms with van der Waals surface area (Å²) in [6, 6.07) is 13.4. The SMILES string of the molecule is CNc1sc2c3c(c(=O)[nH]c2c1C#N)C(c1ccccc1)C(C#N)=C(N)O3. The third kappa shape index (κ3) is 2.35. The highest BCUT2D eigenvalue weighted by atomic mass is 32.1. The molecular formula is C19H13N5O2S. The molecule has 4 rings (SSSR count). The van der Waals surface area contributed by atoms with Crippen molar-refractivity contribution in [2.24, 2.45) is 5.73 Å². The summed E-state index contributed by atoms with van der Waals surface area (Å²) in [5.74, 6) is -0.385. The predicted molar refractivity (Wildman–Crippen MR) is 102 cm³/mol. The number of nitrogens with two attached hydrogens (primary N) is 1. The van der Waals surface area contributed by atoms with Gasteiger partial charge in [-0.15, -0.1) is 11.3 Å². The first-order valence-corrected chi connectivity index (χ1v) is 8.85. The van der Waals surface area contributed by atoms with Gasteiger partial charge in [-0.2, -0.15) is 10.5 Å². The molecular weight excluding hydrogens is 362 g/mol. The third-order valence-electron chi connectivity index (χ3n) is 4.49. The summed E-state index contributed by atoms with van der Waals surface area (Å²) in [5, 5.41) is 22.7. The molecule has 1 aliphatic rings. The fraction of sp³-hybridized carbons (Fsp3) is 0.105. The molecule has 0 saturated carbocycles. The predicted octanol–water partition coefficient (Wildman–Crippen LogP) is 2.72. The second-order valence-corrected chi connectivity index (χ2v) is 6.93. The zero-order valence-corrected chi connectivity index (χ0v) is 15.0. The molecule has 0 saturated heterocycles. The van der Waals surface area contributed by atoms with E-state index in [1.54, 1.807) is 7.05 Å². The zero-order chi connectivity index (χ0) is 19.1. The molecule has 1 aromatic carbocycles. The van der Waals surface area contributed by atoms with Gasteiger partial charge in [0.25, 0.3) is 5.56 Å².